The molecule has 2 aliphatic rings. The first-order valence-electron chi connectivity index (χ1n) is 13.7. The van der Waals surface area contributed by atoms with E-state index in [1.165, 1.54) is 17.2 Å². The maximum atomic E-state index is 13.4. The van der Waals surface area contributed by atoms with Crippen LogP contribution in [0.25, 0.3) is 22.1 Å². The maximum Gasteiger partial charge on any atom is 0.383 e. The molecule has 46 heavy (non-hydrogen) atoms. The van der Waals surface area contributed by atoms with Gasteiger partial charge < -0.3 is 30.1 Å². The highest BCUT2D eigenvalue weighted by molar-refractivity contribution is 8.44. The minimum atomic E-state index is -4.30. The molecule has 22 heteroatoms. The number of nitrogen functional groups attached to an aromatic ring is 1. The van der Waals surface area contributed by atoms with Crippen molar-refractivity contribution in [2.45, 2.75) is 50.9 Å². The third-order valence-corrected chi connectivity index (χ3v) is 10.2. The summed E-state index contributed by atoms with van der Waals surface area (Å²) in [4.78, 5) is 61.4. The summed E-state index contributed by atoms with van der Waals surface area (Å²) in [5, 5.41) is 11.4. The molecule has 18 nitrogen and oxygen atoms in total. The molecule has 1 aromatic carbocycles. The summed E-state index contributed by atoms with van der Waals surface area (Å²) in [5.41, 5.74) is 5.26. The Morgan fingerprint density at radius 1 is 1.09 bits per heavy atom. The zero-order valence-electron chi connectivity index (χ0n) is 24.0. The van der Waals surface area contributed by atoms with E-state index in [-0.39, 0.29) is 28.4 Å². The van der Waals surface area contributed by atoms with E-state index in [2.05, 4.69) is 32.2 Å². The van der Waals surface area contributed by atoms with Gasteiger partial charge in [0.25, 0.3) is 11.1 Å². The Morgan fingerprint density at radius 2 is 1.80 bits per heavy atom. The molecule has 0 aliphatic carbocycles. The number of hydrogen-bond acceptors (Lipinski definition) is 14. The van der Waals surface area contributed by atoms with Crippen molar-refractivity contribution in [3.8, 4) is 0 Å². The summed E-state index contributed by atoms with van der Waals surface area (Å²) in [6, 6.07) is 6.53. The van der Waals surface area contributed by atoms with E-state index < -0.39 is 74.2 Å². The van der Waals surface area contributed by atoms with E-state index in [0.717, 1.165) is 4.57 Å². The number of para-hydroxylation sites is 1. The Labute approximate surface area is 269 Å². The standard InChI is InChI=1S/C24H29N7O11P2S2/c1-10-11(2)23(40-21(10)30-9-27-15-18(30)28-24(25)29-19(15)33)42-44(37,46)41-17-16(32)14(7-38-43(35,36)45)39-22(17)31-8-26-13-6-4-3-5-12(13)20(31)34/h3-6,8-11,14,16-17,21-23,32H,7H2,1-2H3,(H,37,46)(H2,35,36,45)(H3,25,28,29,33)/t10-,11?,14+,16+,17?,21+,22+,23+,44?/m0/s1. The summed E-state index contributed by atoms with van der Waals surface area (Å²) >= 11 is 8.81. The fraction of sp³-hybridized carbons (Fsp3) is 0.458. The lowest BCUT2D eigenvalue weighted by Gasteiger charge is -2.28. The number of nitrogens with one attached hydrogen (secondary N) is 1. The highest BCUT2D eigenvalue weighted by Gasteiger charge is 2.50. The molecule has 6 N–H and O–H groups in total. The van der Waals surface area contributed by atoms with Gasteiger partial charge in [-0.2, -0.15) is 4.98 Å². The molecule has 2 aliphatic heterocycles. The summed E-state index contributed by atoms with van der Waals surface area (Å²) < 4.78 is 42.6. The van der Waals surface area contributed by atoms with Gasteiger partial charge in [0, 0.05) is 11.8 Å². The van der Waals surface area contributed by atoms with Gasteiger partial charge in [0.2, 0.25) is 5.95 Å². The third-order valence-electron chi connectivity index (χ3n) is 7.88. The van der Waals surface area contributed by atoms with Crippen LogP contribution in [0.2, 0.25) is 0 Å². The number of imidazole rings is 1. The van der Waals surface area contributed by atoms with Crippen molar-refractivity contribution in [2.24, 2.45) is 11.8 Å². The molecule has 2 saturated heterocycles. The van der Waals surface area contributed by atoms with Gasteiger partial charge in [-0.05, 0) is 23.9 Å². The van der Waals surface area contributed by atoms with Crippen molar-refractivity contribution >= 4 is 65.6 Å². The Balaban J connectivity index is 1.26. The molecule has 4 aromatic rings. The van der Waals surface area contributed by atoms with Crippen LogP contribution in [-0.4, -0.2) is 75.2 Å². The molecule has 0 radical (unpaired) electrons. The molecule has 0 spiro atoms. The number of aliphatic hydroxyl groups excluding tert-OH is 1. The van der Waals surface area contributed by atoms with Crippen LogP contribution in [0.1, 0.15) is 26.3 Å². The summed E-state index contributed by atoms with van der Waals surface area (Å²) in [6.45, 7) is -5.57. The molecule has 248 valence electrons. The van der Waals surface area contributed by atoms with E-state index >= 15 is 0 Å². The third kappa shape index (κ3) is 6.45. The Morgan fingerprint density at radius 3 is 2.54 bits per heavy atom. The lowest BCUT2D eigenvalue weighted by Crippen LogP contribution is -2.37. The first-order valence-corrected chi connectivity index (χ1v) is 19.0. The summed E-state index contributed by atoms with van der Waals surface area (Å²) in [7, 11) is 0. The number of rotatable bonds is 9. The second-order valence-electron chi connectivity index (χ2n) is 10.8. The minimum absolute atomic E-state index is 0.0475. The van der Waals surface area contributed by atoms with Gasteiger partial charge in [0.05, 0.1) is 23.8 Å². The average molecular weight is 718 g/mol. The van der Waals surface area contributed by atoms with Crippen molar-refractivity contribution in [3.63, 3.8) is 0 Å². The van der Waals surface area contributed by atoms with E-state index in [9.17, 15) is 29.0 Å². The molecule has 3 aromatic heterocycles. The molecular formula is C24H29N7O11P2S2. The molecule has 0 amide bonds. The molecule has 0 saturated carbocycles. The van der Waals surface area contributed by atoms with Crippen molar-refractivity contribution < 1.29 is 42.5 Å². The SMILES string of the molecule is CC1[C@@H](OP(O)(=S)OC2[C@H](n3cnc4ccccc4c3=O)O[C@H](COP(=O)(O)S)[C@H]2O)O[C@@H](n2cnc3c(=O)[nH]c(N)nc32)[C@H]1C. The number of thiol groups is 1. The first-order chi connectivity index (χ1) is 21.6. The van der Waals surface area contributed by atoms with Crippen LogP contribution in [0.3, 0.4) is 0 Å². The molecule has 5 heterocycles. The number of ether oxygens (including phenoxy) is 2. The first kappa shape index (κ1) is 33.3. The van der Waals surface area contributed by atoms with Crippen LogP contribution in [0.15, 0.2) is 46.5 Å². The second kappa shape index (κ2) is 12.5. The number of hydrogen-bond donors (Lipinski definition) is 6. The van der Waals surface area contributed by atoms with Crippen LogP contribution >= 0.6 is 25.8 Å². The number of H-pyrrole nitrogens is 1. The number of aromatic amines is 1. The van der Waals surface area contributed by atoms with Crippen LogP contribution in [0.4, 0.5) is 5.95 Å². The predicted octanol–water partition coefficient (Wildman–Crippen LogP) is 1.16. The molecule has 0 bridgehead atoms. The molecule has 4 unspecified atom stereocenters. The van der Waals surface area contributed by atoms with Crippen molar-refractivity contribution in [1.29, 1.82) is 0 Å². The zero-order chi connectivity index (χ0) is 33.1. The predicted molar refractivity (Wildman–Crippen MR) is 168 cm³/mol. The number of aliphatic hydroxyl groups is 1. The quantitative estimate of drug-likeness (QED) is 0.105. The van der Waals surface area contributed by atoms with E-state index in [1.54, 1.807) is 31.2 Å². The molecule has 6 rings (SSSR count). The van der Waals surface area contributed by atoms with Gasteiger partial charge in [-0.1, -0.05) is 38.2 Å². The van der Waals surface area contributed by atoms with Crippen molar-refractivity contribution in [2.75, 3.05) is 12.3 Å². The minimum Gasteiger partial charge on any atom is -0.387 e. The highest BCUT2D eigenvalue weighted by Crippen LogP contribution is 2.54. The van der Waals surface area contributed by atoms with E-state index in [1.807, 2.05) is 6.92 Å². The molecule has 10 atom stereocenters. The van der Waals surface area contributed by atoms with Gasteiger partial charge in [0.1, 0.15) is 30.9 Å². The number of nitrogens with two attached hydrogens (primary N) is 1. The van der Waals surface area contributed by atoms with Gasteiger partial charge in [-0.15, -0.1) is 0 Å². The van der Waals surface area contributed by atoms with E-state index in [0.29, 0.717) is 5.52 Å². The lowest BCUT2D eigenvalue weighted by molar-refractivity contribution is -0.120. The Kier molecular flexibility index (Phi) is 9.03. The normalized spacial score (nSPS) is 30.9. The van der Waals surface area contributed by atoms with Gasteiger partial charge >= 0.3 is 13.5 Å². The zero-order valence-corrected chi connectivity index (χ0v) is 27.5. The summed E-state index contributed by atoms with van der Waals surface area (Å²) in [5.74, 6) is -0.799. The number of nitrogens with zero attached hydrogens (tertiary/aromatic N) is 5. The van der Waals surface area contributed by atoms with Crippen molar-refractivity contribution in [3.05, 3.63) is 57.6 Å². The Bertz CT molecular complexity index is 2000. The average Bonchev–Trinajstić information content (AvgIpc) is 3.62. The van der Waals surface area contributed by atoms with Gasteiger partial charge in [0.15, 0.2) is 23.7 Å². The van der Waals surface area contributed by atoms with E-state index in [4.69, 9.17) is 40.6 Å². The smallest absolute Gasteiger partial charge is 0.383 e. The van der Waals surface area contributed by atoms with Crippen LogP contribution in [0, 0.1) is 11.8 Å². The maximum absolute atomic E-state index is 13.4. The lowest BCUT2D eigenvalue weighted by atomic mass is 9.97. The molecule has 2 fully saturated rings. The van der Waals surface area contributed by atoms with Gasteiger partial charge in [-0.3, -0.25) is 37.3 Å². The largest absolute Gasteiger partial charge is 0.387 e. The van der Waals surface area contributed by atoms with Gasteiger partial charge in [-0.25, -0.2) is 14.5 Å². The van der Waals surface area contributed by atoms with Crippen molar-refractivity contribution in [1.82, 2.24) is 29.1 Å². The second-order valence-corrected chi connectivity index (χ2v) is 16.3. The van der Waals surface area contributed by atoms with Crippen LogP contribution in [-0.2, 0) is 39.4 Å². The topological polar surface area (TPSA) is 248 Å². The molecular weight excluding hydrogens is 688 g/mol. The summed E-state index contributed by atoms with van der Waals surface area (Å²) in [6.07, 6.45) is -5.27. The Hall–Kier alpha value is -2.58. The number of anilines is 1. The monoisotopic (exact) mass is 717 g/mol. The van der Waals surface area contributed by atoms with Crippen LogP contribution < -0.4 is 16.9 Å². The number of fused-ring (bicyclic) bond motifs is 2. The fourth-order valence-corrected chi connectivity index (χ4v) is 7.58. The number of aromatic nitrogens is 6. The number of benzene rings is 1. The van der Waals surface area contributed by atoms with Crippen LogP contribution in [0.5, 0.6) is 0 Å². The fourth-order valence-electron chi connectivity index (χ4n) is 5.40. The highest BCUT2D eigenvalue weighted by atomic mass is 32.7.